The first kappa shape index (κ1) is 15.9. The number of likely N-dealkylation sites (tertiary alicyclic amines) is 1. The number of pyridine rings is 1. The molecule has 6 heteroatoms. The minimum absolute atomic E-state index is 0.00741. The summed E-state index contributed by atoms with van der Waals surface area (Å²) in [5.41, 5.74) is 0.949. The summed E-state index contributed by atoms with van der Waals surface area (Å²) in [6.07, 6.45) is 3.72. The third-order valence-electron chi connectivity index (χ3n) is 4.37. The number of aromatic nitrogens is 2. The topological polar surface area (TPSA) is 55.2 Å². The standard InChI is InChI=1S/C17H21N3O2S/c1-12-13(2)23-17(18-12)14-6-5-9-19(10-14)16(22)11-20-8-4-3-7-15(20)21/h3-4,7-8,14H,5-6,9-11H2,1-2H3/t14-/m0/s1. The number of carbonyl (C=O) groups excluding carboxylic acids is 1. The lowest BCUT2D eigenvalue weighted by atomic mass is 9.98. The van der Waals surface area contributed by atoms with Gasteiger partial charge in [0.1, 0.15) is 6.54 Å². The van der Waals surface area contributed by atoms with Crippen LogP contribution in [-0.4, -0.2) is 33.4 Å². The van der Waals surface area contributed by atoms with E-state index < -0.39 is 0 Å². The van der Waals surface area contributed by atoms with Crippen LogP contribution in [0.3, 0.4) is 0 Å². The predicted octanol–water partition coefficient (Wildman–Crippen LogP) is 2.33. The summed E-state index contributed by atoms with van der Waals surface area (Å²) in [6.45, 7) is 5.70. The van der Waals surface area contributed by atoms with Crippen LogP contribution in [-0.2, 0) is 11.3 Å². The molecule has 1 aliphatic rings. The fourth-order valence-corrected chi connectivity index (χ4v) is 3.96. The van der Waals surface area contributed by atoms with Gasteiger partial charge in [0.2, 0.25) is 5.91 Å². The Morgan fingerprint density at radius 1 is 1.39 bits per heavy atom. The fourth-order valence-electron chi connectivity index (χ4n) is 2.91. The van der Waals surface area contributed by atoms with Gasteiger partial charge >= 0.3 is 0 Å². The Hall–Kier alpha value is -1.95. The van der Waals surface area contributed by atoms with Crippen molar-refractivity contribution >= 4 is 17.2 Å². The van der Waals surface area contributed by atoms with E-state index in [0.717, 1.165) is 30.1 Å². The molecule has 122 valence electrons. The van der Waals surface area contributed by atoms with Gasteiger partial charge in [-0.3, -0.25) is 9.59 Å². The third kappa shape index (κ3) is 3.52. The van der Waals surface area contributed by atoms with Crippen LogP contribution in [0.25, 0.3) is 0 Å². The Bertz CT molecular complexity index is 746. The van der Waals surface area contributed by atoms with Crippen LogP contribution in [0.5, 0.6) is 0 Å². The second-order valence-corrected chi connectivity index (χ2v) is 7.27. The molecule has 1 aliphatic heterocycles. The number of piperidine rings is 1. The number of nitrogens with zero attached hydrogens (tertiary/aromatic N) is 3. The zero-order valence-electron chi connectivity index (χ0n) is 13.5. The number of rotatable bonds is 3. The fraction of sp³-hybridized carbons (Fsp3) is 0.471. The van der Waals surface area contributed by atoms with E-state index in [9.17, 15) is 9.59 Å². The number of hydrogen-bond donors (Lipinski definition) is 0. The van der Waals surface area contributed by atoms with Crippen molar-refractivity contribution < 1.29 is 4.79 Å². The van der Waals surface area contributed by atoms with Crippen LogP contribution in [0.4, 0.5) is 0 Å². The second kappa shape index (κ2) is 6.66. The molecule has 2 aromatic rings. The maximum absolute atomic E-state index is 12.5. The first-order valence-electron chi connectivity index (χ1n) is 7.92. The van der Waals surface area contributed by atoms with Crippen molar-refractivity contribution in [3.63, 3.8) is 0 Å². The Kier molecular flexibility index (Phi) is 4.61. The van der Waals surface area contributed by atoms with Crippen LogP contribution in [0.2, 0.25) is 0 Å². The molecule has 0 spiro atoms. The van der Waals surface area contributed by atoms with E-state index in [2.05, 4.69) is 11.9 Å². The minimum atomic E-state index is -0.138. The van der Waals surface area contributed by atoms with Crippen molar-refractivity contribution in [2.24, 2.45) is 0 Å². The average Bonchev–Trinajstić information content (AvgIpc) is 2.89. The largest absolute Gasteiger partial charge is 0.340 e. The summed E-state index contributed by atoms with van der Waals surface area (Å²) in [5, 5.41) is 1.13. The lowest BCUT2D eigenvalue weighted by Crippen LogP contribution is -2.42. The van der Waals surface area contributed by atoms with E-state index in [4.69, 9.17) is 0 Å². The Balaban J connectivity index is 1.69. The number of aryl methyl sites for hydroxylation is 2. The van der Waals surface area contributed by atoms with Gasteiger partial charge in [0.05, 0.1) is 10.7 Å². The third-order valence-corrected chi connectivity index (χ3v) is 5.61. The summed E-state index contributed by atoms with van der Waals surface area (Å²) < 4.78 is 1.46. The number of hydrogen-bond acceptors (Lipinski definition) is 4. The number of amides is 1. The smallest absolute Gasteiger partial charge is 0.250 e. The molecule has 5 nitrogen and oxygen atoms in total. The molecule has 23 heavy (non-hydrogen) atoms. The Labute approximate surface area is 139 Å². The van der Waals surface area contributed by atoms with E-state index in [-0.39, 0.29) is 18.0 Å². The molecule has 3 rings (SSSR count). The van der Waals surface area contributed by atoms with Gasteiger partial charge in [-0.2, -0.15) is 0 Å². The van der Waals surface area contributed by atoms with Crippen molar-refractivity contribution in [2.45, 2.75) is 39.2 Å². The molecule has 0 bridgehead atoms. The predicted molar refractivity (Wildman–Crippen MR) is 90.8 cm³/mol. The lowest BCUT2D eigenvalue weighted by molar-refractivity contribution is -0.133. The van der Waals surface area contributed by atoms with E-state index in [1.54, 1.807) is 29.7 Å². The Morgan fingerprint density at radius 3 is 2.91 bits per heavy atom. The van der Waals surface area contributed by atoms with E-state index >= 15 is 0 Å². The van der Waals surface area contributed by atoms with Gasteiger partial charge in [-0.25, -0.2) is 4.98 Å². The van der Waals surface area contributed by atoms with Crippen LogP contribution in [0, 0.1) is 13.8 Å². The number of thiazole rings is 1. The van der Waals surface area contributed by atoms with Gasteiger partial charge in [-0.1, -0.05) is 6.07 Å². The average molecular weight is 331 g/mol. The minimum Gasteiger partial charge on any atom is -0.340 e. The van der Waals surface area contributed by atoms with Crippen molar-refractivity contribution in [1.29, 1.82) is 0 Å². The molecule has 2 aromatic heterocycles. The molecular weight excluding hydrogens is 310 g/mol. The van der Waals surface area contributed by atoms with Gasteiger partial charge in [-0.15, -0.1) is 11.3 Å². The van der Waals surface area contributed by atoms with E-state index in [1.807, 2.05) is 11.8 Å². The Morgan fingerprint density at radius 2 is 2.22 bits per heavy atom. The summed E-state index contributed by atoms with van der Waals surface area (Å²) >= 11 is 1.74. The maximum Gasteiger partial charge on any atom is 0.250 e. The van der Waals surface area contributed by atoms with Crippen LogP contribution in [0.15, 0.2) is 29.2 Å². The zero-order valence-corrected chi connectivity index (χ0v) is 14.3. The highest BCUT2D eigenvalue weighted by atomic mass is 32.1. The first-order valence-corrected chi connectivity index (χ1v) is 8.73. The maximum atomic E-state index is 12.5. The van der Waals surface area contributed by atoms with E-state index in [0.29, 0.717) is 12.5 Å². The van der Waals surface area contributed by atoms with Crippen LogP contribution in [0.1, 0.15) is 34.3 Å². The van der Waals surface area contributed by atoms with Crippen molar-refractivity contribution in [2.75, 3.05) is 13.1 Å². The van der Waals surface area contributed by atoms with Crippen LogP contribution < -0.4 is 5.56 Å². The highest BCUT2D eigenvalue weighted by Crippen LogP contribution is 2.31. The second-order valence-electron chi connectivity index (χ2n) is 6.04. The normalized spacial score (nSPS) is 18.2. The summed E-state index contributed by atoms with van der Waals surface area (Å²) in [4.78, 5) is 32.0. The molecular formula is C17H21N3O2S. The van der Waals surface area contributed by atoms with Crippen molar-refractivity contribution in [3.8, 4) is 0 Å². The molecule has 1 amide bonds. The molecule has 3 heterocycles. The monoisotopic (exact) mass is 331 g/mol. The molecule has 0 unspecified atom stereocenters. The molecule has 0 aromatic carbocycles. The molecule has 1 atom stereocenters. The van der Waals surface area contributed by atoms with Gasteiger partial charge in [0.25, 0.3) is 5.56 Å². The molecule has 0 saturated carbocycles. The quantitative estimate of drug-likeness (QED) is 0.867. The lowest BCUT2D eigenvalue weighted by Gasteiger charge is -2.32. The summed E-state index contributed by atoms with van der Waals surface area (Å²) in [6, 6.07) is 4.94. The van der Waals surface area contributed by atoms with Crippen molar-refractivity contribution in [1.82, 2.24) is 14.5 Å². The molecule has 1 fully saturated rings. The van der Waals surface area contributed by atoms with Gasteiger partial charge < -0.3 is 9.47 Å². The summed E-state index contributed by atoms with van der Waals surface area (Å²) in [5.74, 6) is 0.325. The van der Waals surface area contributed by atoms with Crippen molar-refractivity contribution in [3.05, 3.63) is 50.3 Å². The summed E-state index contributed by atoms with van der Waals surface area (Å²) in [7, 11) is 0. The SMILES string of the molecule is Cc1nc([C@H]2CCCN(C(=O)Cn3ccccc3=O)C2)sc1C. The highest BCUT2D eigenvalue weighted by Gasteiger charge is 2.27. The first-order chi connectivity index (χ1) is 11.0. The molecule has 1 saturated heterocycles. The molecule has 0 radical (unpaired) electrons. The zero-order chi connectivity index (χ0) is 16.4. The molecule has 0 N–H and O–H groups in total. The van der Waals surface area contributed by atoms with Gasteiger partial charge in [0, 0.05) is 36.1 Å². The van der Waals surface area contributed by atoms with Gasteiger partial charge in [-0.05, 0) is 32.8 Å². The number of carbonyl (C=O) groups is 1. The van der Waals surface area contributed by atoms with Crippen LogP contribution >= 0.6 is 11.3 Å². The molecule has 0 aliphatic carbocycles. The van der Waals surface area contributed by atoms with E-state index in [1.165, 1.54) is 15.5 Å². The highest BCUT2D eigenvalue weighted by molar-refractivity contribution is 7.11. The van der Waals surface area contributed by atoms with Gasteiger partial charge in [0.15, 0.2) is 0 Å².